The number of likely N-dealkylation sites (tertiary alicyclic amines) is 1. The molecule has 5 nitrogen and oxygen atoms in total. The van der Waals surface area contributed by atoms with Crippen molar-refractivity contribution in [1.82, 2.24) is 15.0 Å². The number of piperidine rings is 1. The third kappa shape index (κ3) is 5.30. The lowest BCUT2D eigenvalue weighted by Crippen LogP contribution is -2.41. The molecule has 0 N–H and O–H groups in total. The largest absolute Gasteiger partial charge is 0.342 e. The van der Waals surface area contributed by atoms with E-state index in [-0.39, 0.29) is 5.91 Å². The number of benzene rings is 2. The lowest BCUT2D eigenvalue weighted by Gasteiger charge is -2.32. The fraction of sp³-hybridized carbons (Fsp3) is 0.375. The minimum atomic E-state index is 0.228. The number of thioether (sulfide) groups is 1. The number of aryl methyl sites for hydroxylation is 1. The van der Waals surface area contributed by atoms with Crippen molar-refractivity contribution in [2.75, 3.05) is 18.8 Å². The molecule has 2 heterocycles. The van der Waals surface area contributed by atoms with Gasteiger partial charge in [-0.05, 0) is 36.8 Å². The maximum absolute atomic E-state index is 12.7. The highest BCUT2D eigenvalue weighted by molar-refractivity contribution is 7.99. The highest BCUT2D eigenvalue weighted by Crippen LogP contribution is 2.24. The number of hydrogen-bond donors (Lipinski definition) is 0. The molecule has 6 heteroatoms. The molecule has 1 saturated heterocycles. The van der Waals surface area contributed by atoms with E-state index in [2.05, 4.69) is 22.3 Å². The number of hydrogen-bond acceptors (Lipinski definition) is 5. The molecule has 0 aliphatic carbocycles. The van der Waals surface area contributed by atoms with Gasteiger partial charge < -0.3 is 9.42 Å². The molecule has 1 aromatic heterocycles. The quantitative estimate of drug-likeness (QED) is 0.550. The number of aromatic nitrogens is 2. The van der Waals surface area contributed by atoms with E-state index in [0.717, 1.165) is 49.2 Å². The Bertz CT molecular complexity index is 973. The minimum absolute atomic E-state index is 0.228. The number of amides is 1. The van der Waals surface area contributed by atoms with Gasteiger partial charge in [0.15, 0.2) is 0 Å². The van der Waals surface area contributed by atoms with Crippen LogP contribution in [0.4, 0.5) is 0 Å². The molecule has 1 atom stereocenters. The Hall–Kier alpha value is -2.60. The summed E-state index contributed by atoms with van der Waals surface area (Å²) in [6.07, 6.45) is 2.83. The third-order valence-electron chi connectivity index (χ3n) is 5.53. The SMILES string of the molecule is Cc1ccccc1-c1noc(CC2CCCN(C(=O)CSCc3ccccc3)C2)n1. The topological polar surface area (TPSA) is 59.2 Å². The summed E-state index contributed by atoms with van der Waals surface area (Å²) in [5, 5.41) is 4.17. The summed E-state index contributed by atoms with van der Waals surface area (Å²) >= 11 is 1.68. The van der Waals surface area contributed by atoms with E-state index in [0.29, 0.717) is 23.4 Å². The zero-order valence-corrected chi connectivity index (χ0v) is 18.1. The second kappa shape index (κ2) is 9.94. The Labute approximate surface area is 181 Å². The van der Waals surface area contributed by atoms with E-state index in [4.69, 9.17) is 4.52 Å². The molecule has 3 aromatic rings. The normalized spacial score (nSPS) is 16.6. The molecule has 1 amide bonds. The summed E-state index contributed by atoms with van der Waals surface area (Å²) in [7, 11) is 0. The molecule has 0 spiro atoms. The molecule has 1 aliphatic rings. The van der Waals surface area contributed by atoms with E-state index in [9.17, 15) is 4.79 Å². The van der Waals surface area contributed by atoms with Gasteiger partial charge in [-0.1, -0.05) is 59.8 Å². The first kappa shape index (κ1) is 20.7. The zero-order chi connectivity index (χ0) is 20.8. The van der Waals surface area contributed by atoms with Crippen LogP contribution >= 0.6 is 11.8 Å². The highest BCUT2D eigenvalue weighted by atomic mass is 32.2. The van der Waals surface area contributed by atoms with Crippen molar-refractivity contribution >= 4 is 17.7 Å². The summed E-state index contributed by atoms with van der Waals surface area (Å²) in [6.45, 7) is 3.66. The van der Waals surface area contributed by atoms with Crippen molar-refractivity contribution in [2.24, 2.45) is 5.92 Å². The molecule has 156 valence electrons. The zero-order valence-electron chi connectivity index (χ0n) is 17.3. The molecule has 4 rings (SSSR count). The average molecular weight is 422 g/mol. The van der Waals surface area contributed by atoms with Crippen molar-refractivity contribution in [3.8, 4) is 11.4 Å². The monoisotopic (exact) mass is 421 g/mol. The van der Waals surface area contributed by atoms with Crippen LogP contribution in [0.1, 0.15) is 29.9 Å². The van der Waals surface area contributed by atoms with E-state index >= 15 is 0 Å². The van der Waals surface area contributed by atoms with Crippen LogP contribution in [0.25, 0.3) is 11.4 Å². The smallest absolute Gasteiger partial charge is 0.232 e. The first-order chi connectivity index (χ1) is 14.7. The summed E-state index contributed by atoms with van der Waals surface area (Å²) in [6, 6.07) is 18.3. The van der Waals surface area contributed by atoms with E-state index in [1.54, 1.807) is 11.8 Å². The van der Waals surface area contributed by atoms with Crippen LogP contribution in [-0.4, -0.2) is 39.8 Å². The molecular formula is C24H27N3O2S. The fourth-order valence-corrected chi connectivity index (χ4v) is 4.79. The number of nitrogens with zero attached hydrogens (tertiary/aromatic N) is 3. The van der Waals surface area contributed by atoms with Crippen molar-refractivity contribution in [3.05, 3.63) is 71.6 Å². The predicted molar refractivity (Wildman–Crippen MR) is 120 cm³/mol. The first-order valence-corrected chi connectivity index (χ1v) is 11.6. The molecule has 30 heavy (non-hydrogen) atoms. The van der Waals surface area contributed by atoms with Crippen molar-refractivity contribution in [2.45, 2.75) is 31.9 Å². The Morgan fingerprint density at radius 3 is 2.80 bits per heavy atom. The fourth-order valence-electron chi connectivity index (χ4n) is 3.90. The van der Waals surface area contributed by atoms with E-state index in [1.807, 2.05) is 54.3 Å². The molecule has 0 bridgehead atoms. The summed E-state index contributed by atoms with van der Waals surface area (Å²) in [4.78, 5) is 19.3. The highest BCUT2D eigenvalue weighted by Gasteiger charge is 2.25. The van der Waals surface area contributed by atoms with Crippen LogP contribution < -0.4 is 0 Å². The van der Waals surface area contributed by atoms with Crippen molar-refractivity contribution in [1.29, 1.82) is 0 Å². The maximum atomic E-state index is 12.7. The number of rotatable bonds is 7. The maximum Gasteiger partial charge on any atom is 0.232 e. The standard InChI is InChI=1S/C24H27N3O2S/c1-18-8-5-6-12-21(18)24-25-22(29-26-24)14-20-11-7-13-27(15-20)23(28)17-30-16-19-9-3-2-4-10-19/h2-6,8-10,12,20H,7,11,13-17H2,1H3. The summed E-state index contributed by atoms with van der Waals surface area (Å²) < 4.78 is 5.52. The molecule has 0 radical (unpaired) electrons. The van der Waals surface area contributed by atoms with Gasteiger partial charge in [0.05, 0.1) is 5.75 Å². The first-order valence-electron chi connectivity index (χ1n) is 10.5. The van der Waals surface area contributed by atoms with Crippen LogP contribution in [0.5, 0.6) is 0 Å². The van der Waals surface area contributed by atoms with E-state index in [1.165, 1.54) is 5.56 Å². The Morgan fingerprint density at radius 2 is 1.97 bits per heavy atom. The molecular weight excluding hydrogens is 394 g/mol. The lowest BCUT2D eigenvalue weighted by molar-refractivity contribution is -0.130. The van der Waals surface area contributed by atoms with Crippen LogP contribution in [0.15, 0.2) is 59.1 Å². The van der Waals surface area contributed by atoms with Crippen LogP contribution in [-0.2, 0) is 17.0 Å². The number of carbonyl (C=O) groups is 1. The molecule has 2 aromatic carbocycles. The molecule has 0 saturated carbocycles. The van der Waals surface area contributed by atoms with Crippen molar-refractivity contribution < 1.29 is 9.32 Å². The average Bonchev–Trinajstić information content (AvgIpc) is 3.23. The second-order valence-electron chi connectivity index (χ2n) is 7.86. The Morgan fingerprint density at radius 1 is 1.17 bits per heavy atom. The van der Waals surface area contributed by atoms with Gasteiger partial charge in [-0.15, -0.1) is 11.8 Å². The summed E-state index contributed by atoms with van der Waals surface area (Å²) in [5.74, 6) is 3.29. The van der Waals surface area contributed by atoms with Gasteiger partial charge >= 0.3 is 0 Å². The molecule has 1 aliphatic heterocycles. The minimum Gasteiger partial charge on any atom is -0.342 e. The van der Waals surface area contributed by atoms with Gasteiger partial charge in [0.25, 0.3) is 0 Å². The number of carbonyl (C=O) groups excluding carboxylic acids is 1. The van der Waals surface area contributed by atoms with Gasteiger partial charge in [0.2, 0.25) is 17.6 Å². The summed E-state index contributed by atoms with van der Waals surface area (Å²) in [5.41, 5.74) is 3.39. The Kier molecular flexibility index (Phi) is 6.84. The van der Waals surface area contributed by atoms with Gasteiger partial charge in [0.1, 0.15) is 0 Å². The lowest BCUT2D eigenvalue weighted by atomic mass is 9.95. The van der Waals surface area contributed by atoms with Crippen molar-refractivity contribution in [3.63, 3.8) is 0 Å². The van der Waals surface area contributed by atoms with Gasteiger partial charge in [-0.2, -0.15) is 4.98 Å². The Balaban J connectivity index is 1.29. The van der Waals surface area contributed by atoms with Gasteiger partial charge in [0, 0.05) is 30.8 Å². The second-order valence-corrected chi connectivity index (χ2v) is 8.84. The molecule has 1 fully saturated rings. The van der Waals surface area contributed by atoms with E-state index < -0.39 is 0 Å². The third-order valence-corrected chi connectivity index (χ3v) is 6.51. The van der Waals surface area contributed by atoms with Crippen LogP contribution in [0.2, 0.25) is 0 Å². The predicted octanol–water partition coefficient (Wildman–Crippen LogP) is 4.76. The van der Waals surface area contributed by atoms with Crippen LogP contribution in [0, 0.1) is 12.8 Å². The molecule has 1 unspecified atom stereocenters. The van der Waals surface area contributed by atoms with Gasteiger partial charge in [-0.25, -0.2) is 0 Å². The van der Waals surface area contributed by atoms with Crippen LogP contribution in [0.3, 0.4) is 0 Å². The van der Waals surface area contributed by atoms with Gasteiger partial charge in [-0.3, -0.25) is 4.79 Å².